The summed E-state index contributed by atoms with van der Waals surface area (Å²) in [5.41, 5.74) is -0.697. The van der Waals surface area contributed by atoms with Crippen LogP contribution in [0.15, 0.2) is 0 Å². The van der Waals surface area contributed by atoms with E-state index in [1.54, 1.807) is 20.8 Å². The second kappa shape index (κ2) is 10.4. The molecule has 0 aromatic heterocycles. The number of carbonyl (C=O) groups is 3. The Hall–Kier alpha value is -0.920. The van der Waals surface area contributed by atoms with Crippen molar-refractivity contribution in [3.05, 3.63) is 0 Å². The number of nitrogens with one attached hydrogen (secondary N) is 2. The lowest BCUT2D eigenvalue weighted by Crippen LogP contribution is -2.52. The molecule has 2 amide bonds. The number of amides is 2. The van der Waals surface area contributed by atoms with Gasteiger partial charge in [0.05, 0.1) is 0 Å². The van der Waals surface area contributed by atoms with E-state index in [1.165, 1.54) is 6.92 Å². The number of alkyl halides is 3. The SMILES string of the molecule is CC(C)C[C@H](NC(=O)OC(C)(C)C)C(=O)N[C@@H](C)C(=O)OCC(Cl)(Cl)Cl. The molecule has 0 fully saturated rings. The molecule has 0 aliphatic rings. The van der Waals surface area contributed by atoms with Crippen molar-refractivity contribution < 1.29 is 23.9 Å². The maximum Gasteiger partial charge on any atom is 0.408 e. The molecule has 0 aliphatic heterocycles. The normalized spacial score (nSPS) is 14.4. The van der Waals surface area contributed by atoms with Gasteiger partial charge in [-0.15, -0.1) is 0 Å². The van der Waals surface area contributed by atoms with Crippen molar-refractivity contribution in [3.63, 3.8) is 0 Å². The zero-order chi connectivity index (χ0) is 20.7. The average molecular weight is 434 g/mol. The van der Waals surface area contributed by atoms with E-state index in [9.17, 15) is 14.4 Å². The largest absolute Gasteiger partial charge is 0.460 e. The first-order chi connectivity index (χ1) is 11.6. The number of ether oxygens (including phenoxy) is 2. The van der Waals surface area contributed by atoms with Gasteiger partial charge in [-0.2, -0.15) is 0 Å². The molecule has 0 rings (SSSR count). The third-order valence-electron chi connectivity index (χ3n) is 2.80. The monoisotopic (exact) mass is 432 g/mol. The summed E-state index contributed by atoms with van der Waals surface area (Å²) in [5, 5.41) is 4.99. The fourth-order valence-electron chi connectivity index (χ4n) is 1.80. The van der Waals surface area contributed by atoms with Crippen molar-refractivity contribution >= 4 is 52.8 Å². The lowest BCUT2D eigenvalue weighted by atomic mass is 10.0. The van der Waals surface area contributed by atoms with E-state index in [4.69, 9.17) is 44.3 Å². The summed E-state index contributed by atoms with van der Waals surface area (Å²) in [6.45, 7) is 9.93. The molecule has 7 nitrogen and oxygen atoms in total. The molecule has 2 N–H and O–H groups in total. The fraction of sp³-hybridized carbons (Fsp3) is 0.812. The lowest BCUT2D eigenvalue weighted by Gasteiger charge is -2.25. The van der Waals surface area contributed by atoms with Crippen molar-refractivity contribution in [1.29, 1.82) is 0 Å². The second-order valence-corrected chi connectivity index (χ2v) is 9.80. The Morgan fingerprint density at radius 3 is 1.96 bits per heavy atom. The van der Waals surface area contributed by atoms with Crippen LogP contribution < -0.4 is 10.6 Å². The standard InChI is InChI=1S/C16H27Cl3N2O5/c1-9(2)7-11(21-14(24)26-15(4,5)6)12(22)20-10(3)13(23)25-8-16(17,18)19/h9-11H,7-8H2,1-6H3,(H,20,22)(H,21,24)/t10-,11-/m0/s1. The number of hydrogen-bond acceptors (Lipinski definition) is 5. The second-order valence-electron chi connectivity index (χ2n) is 7.28. The van der Waals surface area contributed by atoms with Gasteiger partial charge in [-0.3, -0.25) is 4.79 Å². The topological polar surface area (TPSA) is 93.7 Å². The van der Waals surface area contributed by atoms with Crippen molar-refractivity contribution in [1.82, 2.24) is 10.6 Å². The van der Waals surface area contributed by atoms with E-state index in [-0.39, 0.29) is 5.92 Å². The highest BCUT2D eigenvalue weighted by Gasteiger charge is 2.29. The zero-order valence-corrected chi connectivity index (χ0v) is 18.1. The quantitative estimate of drug-likeness (QED) is 0.474. The summed E-state index contributed by atoms with van der Waals surface area (Å²) in [5.74, 6) is -1.18. The molecule has 2 atom stereocenters. The smallest absolute Gasteiger partial charge is 0.408 e. The van der Waals surface area contributed by atoms with Crippen molar-refractivity contribution in [3.8, 4) is 0 Å². The first-order valence-corrected chi connectivity index (χ1v) is 9.27. The molecule has 0 saturated carbocycles. The molecular formula is C16H27Cl3N2O5. The van der Waals surface area contributed by atoms with Crippen LogP contribution in [0.1, 0.15) is 48.0 Å². The van der Waals surface area contributed by atoms with Gasteiger partial charge in [-0.25, -0.2) is 9.59 Å². The third kappa shape index (κ3) is 12.4. The molecule has 0 aromatic rings. The highest BCUT2D eigenvalue weighted by molar-refractivity contribution is 6.67. The van der Waals surface area contributed by atoms with Crippen LogP contribution in [0.4, 0.5) is 4.79 Å². The first-order valence-electron chi connectivity index (χ1n) is 8.14. The van der Waals surface area contributed by atoms with E-state index in [0.29, 0.717) is 6.42 Å². The van der Waals surface area contributed by atoms with Crippen LogP contribution in [-0.2, 0) is 19.1 Å². The van der Waals surface area contributed by atoms with Crippen LogP contribution in [0.3, 0.4) is 0 Å². The van der Waals surface area contributed by atoms with Gasteiger partial charge in [0.2, 0.25) is 9.70 Å². The van der Waals surface area contributed by atoms with Crippen molar-refractivity contribution in [2.24, 2.45) is 5.92 Å². The van der Waals surface area contributed by atoms with Gasteiger partial charge in [-0.1, -0.05) is 48.7 Å². The molecule has 0 saturated heterocycles. The molecule has 0 unspecified atom stereocenters. The van der Waals surface area contributed by atoms with Crippen molar-refractivity contribution in [2.75, 3.05) is 6.61 Å². The maximum absolute atomic E-state index is 12.4. The molecule has 0 bridgehead atoms. The Labute approximate surface area is 169 Å². The fourth-order valence-corrected chi connectivity index (χ4v) is 1.97. The molecular weight excluding hydrogens is 407 g/mol. The maximum atomic E-state index is 12.4. The predicted molar refractivity (Wildman–Crippen MR) is 101 cm³/mol. The van der Waals surface area contributed by atoms with E-state index in [1.807, 2.05) is 13.8 Å². The Bertz CT molecular complexity index is 501. The number of hydrogen-bond donors (Lipinski definition) is 2. The lowest BCUT2D eigenvalue weighted by molar-refractivity contribution is -0.147. The van der Waals surface area contributed by atoms with E-state index in [0.717, 1.165) is 0 Å². The average Bonchev–Trinajstić information content (AvgIpc) is 2.40. The minimum Gasteiger partial charge on any atom is -0.460 e. The summed E-state index contributed by atoms with van der Waals surface area (Å²) in [7, 11) is 0. The molecule has 152 valence electrons. The van der Waals surface area contributed by atoms with Gasteiger partial charge in [0.25, 0.3) is 0 Å². The Morgan fingerprint density at radius 2 is 1.54 bits per heavy atom. The van der Waals surface area contributed by atoms with Crippen LogP contribution >= 0.6 is 34.8 Å². The number of halogens is 3. The summed E-state index contributed by atoms with van der Waals surface area (Å²) in [6.07, 6.45) is -0.356. The Kier molecular flexibility index (Phi) is 10.1. The molecule has 0 heterocycles. The van der Waals surface area contributed by atoms with Gasteiger partial charge >= 0.3 is 12.1 Å². The summed E-state index contributed by atoms with van der Waals surface area (Å²) >= 11 is 16.5. The summed E-state index contributed by atoms with van der Waals surface area (Å²) in [6, 6.07) is -1.85. The Balaban J connectivity index is 4.81. The molecule has 10 heteroatoms. The summed E-state index contributed by atoms with van der Waals surface area (Å²) < 4.78 is 8.24. The minimum absolute atomic E-state index is 0.118. The molecule has 0 aliphatic carbocycles. The molecule has 0 aromatic carbocycles. The molecule has 26 heavy (non-hydrogen) atoms. The van der Waals surface area contributed by atoms with Gasteiger partial charge in [0, 0.05) is 0 Å². The highest BCUT2D eigenvalue weighted by Crippen LogP contribution is 2.26. The van der Waals surface area contributed by atoms with Crippen LogP contribution in [0.2, 0.25) is 0 Å². The van der Waals surface area contributed by atoms with E-state index < -0.39 is 46.1 Å². The minimum atomic E-state index is -1.74. The van der Waals surface area contributed by atoms with Gasteiger partial charge < -0.3 is 20.1 Å². The van der Waals surface area contributed by atoms with Gasteiger partial charge in [0.1, 0.15) is 24.3 Å². The third-order valence-corrected chi connectivity index (χ3v) is 3.13. The first kappa shape index (κ1) is 25.1. The zero-order valence-electron chi connectivity index (χ0n) is 15.8. The van der Waals surface area contributed by atoms with Gasteiger partial charge in [-0.05, 0) is 40.0 Å². The van der Waals surface area contributed by atoms with E-state index in [2.05, 4.69) is 10.6 Å². The molecule has 0 spiro atoms. The number of carbonyl (C=O) groups excluding carboxylic acids is 3. The predicted octanol–water partition coefficient (Wildman–Crippen LogP) is 3.34. The van der Waals surface area contributed by atoms with Crippen LogP contribution in [0.25, 0.3) is 0 Å². The highest BCUT2D eigenvalue weighted by atomic mass is 35.6. The number of rotatable bonds is 7. The van der Waals surface area contributed by atoms with E-state index >= 15 is 0 Å². The summed E-state index contributed by atoms with van der Waals surface area (Å²) in [4.78, 5) is 36.2. The van der Waals surface area contributed by atoms with Crippen molar-refractivity contribution in [2.45, 2.75) is 69.4 Å². The van der Waals surface area contributed by atoms with Crippen LogP contribution in [0.5, 0.6) is 0 Å². The van der Waals surface area contributed by atoms with Crippen LogP contribution in [-0.4, -0.2) is 46.1 Å². The number of esters is 1. The van der Waals surface area contributed by atoms with Gasteiger partial charge in [0.15, 0.2) is 0 Å². The molecule has 0 radical (unpaired) electrons. The van der Waals surface area contributed by atoms with Crippen LogP contribution in [0, 0.1) is 5.92 Å². The number of alkyl carbamates (subject to hydrolysis) is 1. The Morgan fingerprint density at radius 1 is 1.00 bits per heavy atom.